The Morgan fingerprint density at radius 3 is 0.804 bits per heavy atom. The summed E-state index contributed by atoms with van der Waals surface area (Å²) < 4.78 is 0. The molecule has 268 valence electrons. The van der Waals surface area contributed by atoms with E-state index in [0.29, 0.717) is 0 Å². The van der Waals surface area contributed by atoms with Crippen LogP contribution in [-0.2, 0) is 25.7 Å². The lowest BCUT2D eigenvalue weighted by Gasteiger charge is -2.27. The number of benzene rings is 8. The van der Waals surface area contributed by atoms with E-state index in [1.165, 1.54) is 89.8 Å². The highest BCUT2D eigenvalue weighted by Gasteiger charge is 2.23. The molecule has 56 heavy (non-hydrogen) atoms. The van der Waals surface area contributed by atoms with Gasteiger partial charge in [0.05, 0.1) is 0 Å². The van der Waals surface area contributed by atoms with Crippen LogP contribution in [-0.4, -0.2) is 0 Å². The molecule has 0 aromatic heterocycles. The molecule has 0 spiro atoms. The molecule has 0 bridgehead atoms. The van der Waals surface area contributed by atoms with Crippen molar-refractivity contribution in [3.63, 3.8) is 0 Å². The lowest BCUT2D eigenvalue weighted by molar-refractivity contribution is 0.977. The molecule has 0 unspecified atom stereocenters. The standard InChI is InChI=1S/C54H42N2/c1-5-13-51-45(9-1)27-28-46-10-2-6-14-52(46)55(51)49-35-31-43(32-36-49)41-23-19-39(20-24-41)17-18-40-21-25-42(26-22-40)44-33-37-50(38-34-44)56-53-15-7-3-11-47(53)29-30-48-12-4-8-16-54(48)56/h1-26,31-38H,27-30H2/b18-17+. The van der Waals surface area contributed by atoms with E-state index in [1.807, 2.05) is 0 Å². The van der Waals surface area contributed by atoms with Crippen LogP contribution < -0.4 is 9.80 Å². The number of para-hydroxylation sites is 4. The minimum atomic E-state index is 1.05. The highest BCUT2D eigenvalue weighted by atomic mass is 15.2. The van der Waals surface area contributed by atoms with E-state index in [4.69, 9.17) is 0 Å². The summed E-state index contributed by atoms with van der Waals surface area (Å²) in [7, 11) is 0. The van der Waals surface area contributed by atoms with Gasteiger partial charge in [0.1, 0.15) is 0 Å². The van der Waals surface area contributed by atoms with Crippen LogP contribution in [0.4, 0.5) is 34.1 Å². The third-order valence-electron chi connectivity index (χ3n) is 11.5. The number of hydrogen-bond donors (Lipinski definition) is 0. The molecule has 0 N–H and O–H groups in total. The average molecular weight is 719 g/mol. The van der Waals surface area contributed by atoms with Gasteiger partial charge in [-0.25, -0.2) is 0 Å². The monoisotopic (exact) mass is 718 g/mol. The van der Waals surface area contributed by atoms with E-state index in [9.17, 15) is 0 Å². The fourth-order valence-electron chi connectivity index (χ4n) is 8.49. The van der Waals surface area contributed by atoms with Crippen molar-refractivity contribution in [2.75, 3.05) is 9.80 Å². The van der Waals surface area contributed by atoms with Crippen molar-refractivity contribution >= 4 is 46.3 Å². The Labute approximate surface area is 330 Å². The van der Waals surface area contributed by atoms with Crippen molar-refractivity contribution in [3.8, 4) is 22.3 Å². The molecule has 0 saturated carbocycles. The first-order valence-corrected chi connectivity index (χ1v) is 19.8. The number of nitrogens with zero attached hydrogens (tertiary/aromatic N) is 2. The Morgan fingerprint density at radius 2 is 0.518 bits per heavy atom. The predicted molar refractivity (Wildman–Crippen MR) is 237 cm³/mol. The van der Waals surface area contributed by atoms with E-state index < -0.39 is 0 Å². The normalized spacial score (nSPS) is 13.3. The van der Waals surface area contributed by atoms with Crippen LogP contribution in [0.3, 0.4) is 0 Å². The number of fused-ring (bicyclic) bond motifs is 4. The fourth-order valence-corrected chi connectivity index (χ4v) is 8.49. The Kier molecular flexibility index (Phi) is 8.85. The van der Waals surface area contributed by atoms with Crippen molar-refractivity contribution in [1.82, 2.24) is 0 Å². The molecule has 0 radical (unpaired) electrons. The summed E-state index contributed by atoms with van der Waals surface area (Å²) >= 11 is 0. The first kappa shape index (κ1) is 33.7. The van der Waals surface area contributed by atoms with Crippen LogP contribution in [0.5, 0.6) is 0 Å². The molecule has 8 aromatic rings. The number of rotatable bonds is 6. The van der Waals surface area contributed by atoms with Crippen LogP contribution >= 0.6 is 0 Å². The second kappa shape index (κ2) is 14.7. The smallest absolute Gasteiger partial charge is 0.0493 e. The molecule has 10 rings (SSSR count). The zero-order valence-electron chi connectivity index (χ0n) is 31.4. The summed E-state index contributed by atoms with van der Waals surface area (Å²) in [6.07, 6.45) is 8.59. The summed E-state index contributed by atoms with van der Waals surface area (Å²) in [5, 5.41) is 0. The zero-order valence-corrected chi connectivity index (χ0v) is 31.4. The average Bonchev–Trinajstić information content (AvgIpc) is 3.55. The second-order valence-corrected chi connectivity index (χ2v) is 14.9. The first-order chi connectivity index (χ1) is 27.7. The Hall–Kier alpha value is -6.90. The molecule has 0 fully saturated rings. The van der Waals surface area contributed by atoms with Gasteiger partial charge in [-0.2, -0.15) is 0 Å². The van der Waals surface area contributed by atoms with Gasteiger partial charge in [-0.05, 0) is 130 Å². The highest BCUT2D eigenvalue weighted by molar-refractivity contribution is 5.84. The minimum Gasteiger partial charge on any atom is -0.310 e. The Balaban J connectivity index is 0.831. The van der Waals surface area contributed by atoms with Crippen LogP contribution in [0.15, 0.2) is 194 Å². The molecule has 2 heteroatoms. The lowest BCUT2D eigenvalue weighted by atomic mass is 10.0. The van der Waals surface area contributed by atoms with E-state index in [-0.39, 0.29) is 0 Å². The quantitative estimate of drug-likeness (QED) is 0.158. The number of aryl methyl sites for hydroxylation is 4. The summed E-state index contributed by atoms with van der Waals surface area (Å²) in [5.41, 5.74) is 20.2. The van der Waals surface area contributed by atoms with E-state index in [0.717, 1.165) is 25.7 Å². The third-order valence-corrected chi connectivity index (χ3v) is 11.5. The molecular weight excluding hydrogens is 677 g/mol. The molecule has 0 atom stereocenters. The predicted octanol–water partition coefficient (Wildman–Crippen LogP) is 14.3. The van der Waals surface area contributed by atoms with Gasteiger partial charge in [0, 0.05) is 34.1 Å². The van der Waals surface area contributed by atoms with Crippen LogP contribution in [0.2, 0.25) is 0 Å². The summed E-state index contributed by atoms with van der Waals surface area (Å²) in [4.78, 5) is 4.85. The largest absolute Gasteiger partial charge is 0.310 e. The summed E-state index contributed by atoms with van der Waals surface area (Å²) in [6, 6.07) is 71.0. The second-order valence-electron chi connectivity index (χ2n) is 14.9. The maximum absolute atomic E-state index is 2.42. The molecule has 0 aliphatic carbocycles. The van der Waals surface area contributed by atoms with Crippen molar-refractivity contribution in [2.24, 2.45) is 0 Å². The topological polar surface area (TPSA) is 6.48 Å². The van der Waals surface area contributed by atoms with Crippen molar-refractivity contribution in [3.05, 3.63) is 228 Å². The van der Waals surface area contributed by atoms with E-state index in [2.05, 4.69) is 216 Å². The zero-order chi connectivity index (χ0) is 37.3. The first-order valence-electron chi connectivity index (χ1n) is 19.8. The number of hydrogen-bond acceptors (Lipinski definition) is 2. The summed E-state index contributed by atoms with van der Waals surface area (Å²) in [5.74, 6) is 0. The number of anilines is 6. The fraction of sp³-hybridized carbons (Fsp3) is 0.0741. The molecule has 2 aliphatic rings. The maximum Gasteiger partial charge on any atom is 0.0493 e. The van der Waals surface area contributed by atoms with Crippen LogP contribution in [0.1, 0.15) is 33.4 Å². The summed E-state index contributed by atoms with van der Waals surface area (Å²) in [6.45, 7) is 0. The van der Waals surface area contributed by atoms with Gasteiger partial charge < -0.3 is 9.80 Å². The molecule has 2 heterocycles. The SMILES string of the molecule is C(=C\c1ccc(-c2ccc(N3c4ccccc4CCc4ccccc43)cc2)cc1)/c1ccc(-c2ccc(N3c4ccccc4CCc4ccccc43)cc2)cc1. The van der Waals surface area contributed by atoms with Gasteiger partial charge in [0.15, 0.2) is 0 Å². The van der Waals surface area contributed by atoms with Crippen LogP contribution in [0, 0.1) is 0 Å². The molecule has 0 saturated heterocycles. The van der Waals surface area contributed by atoms with E-state index in [1.54, 1.807) is 0 Å². The molecule has 2 aliphatic heterocycles. The lowest BCUT2D eigenvalue weighted by Crippen LogP contribution is -2.11. The van der Waals surface area contributed by atoms with Crippen LogP contribution in [0.25, 0.3) is 34.4 Å². The Bertz CT molecular complexity index is 2390. The van der Waals surface area contributed by atoms with Gasteiger partial charge in [0.2, 0.25) is 0 Å². The van der Waals surface area contributed by atoms with Crippen molar-refractivity contribution in [2.45, 2.75) is 25.7 Å². The van der Waals surface area contributed by atoms with Gasteiger partial charge in [-0.3, -0.25) is 0 Å². The molecule has 0 amide bonds. The Morgan fingerprint density at radius 1 is 0.268 bits per heavy atom. The van der Waals surface area contributed by atoms with Gasteiger partial charge >= 0.3 is 0 Å². The highest BCUT2D eigenvalue weighted by Crippen LogP contribution is 2.43. The molecular formula is C54H42N2. The van der Waals surface area contributed by atoms with Crippen molar-refractivity contribution < 1.29 is 0 Å². The minimum absolute atomic E-state index is 1.05. The maximum atomic E-state index is 2.42. The molecule has 8 aromatic carbocycles. The van der Waals surface area contributed by atoms with Gasteiger partial charge in [0.25, 0.3) is 0 Å². The molecule has 2 nitrogen and oxygen atoms in total. The van der Waals surface area contributed by atoms with Gasteiger partial charge in [-0.1, -0.05) is 158 Å². The third kappa shape index (κ3) is 6.50. The van der Waals surface area contributed by atoms with Crippen molar-refractivity contribution in [1.29, 1.82) is 0 Å². The van der Waals surface area contributed by atoms with Gasteiger partial charge in [-0.15, -0.1) is 0 Å². The van der Waals surface area contributed by atoms with E-state index >= 15 is 0 Å².